The van der Waals surface area contributed by atoms with Crippen LogP contribution in [0.15, 0.2) is 70.3 Å². The van der Waals surface area contributed by atoms with Crippen molar-refractivity contribution in [3.63, 3.8) is 0 Å². The van der Waals surface area contributed by atoms with Crippen LogP contribution in [0.2, 0.25) is 0 Å². The fourth-order valence-electron chi connectivity index (χ4n) is 3.23. The van der Waals surface area contributed by atoms with E-state index in [-0.39, 0.29) is 16.8 Å². The molecule has 0 radical (unpaired) electrons. The average molecular weight is 443 g/mol. The standard InChI is InChI=1S/C22H22N2O4S2/c1-28-21-8-3-2-7-20(21)23-30(26,27)19-6-4-5-17(13-19)22(25)24(18-9-10-18)14-16-11-12-29-15-16/h2-8,11-13,15,18,23H,9-10,14H2,1H3. The summed E-state index contributed by atoms with van der Waals surface area (Å²) in [5.74, 6) is 0.266. The molecule has 2 aromatic carbocycles. The van der Waals surface area contributed by atoms with E-state index in [1.54, 1.807) is 47.7 Å². The number of ether oxygens (including phenoxy) is 1. The molecular weight excluding hydrogens is 420 g/mol. The maximum atomic E-state index is 13.2. The molecule has 1 aliphatic rings. The molecular formula is C22H22N2O4S2. The van der Waals surface area contributed by atoms with Crippen molar-refractivity contribution in [1.82, 2.24) is 4.90 Å². The van der Waals surface area contributed by atoms with Crippen molar-refractivity contribution < 1.29 is 17.9 Å². The van der Waals surface area contributed by atoms with Crippen LogP contribution in [0.4, 0.5) is 5.69 Å². The molecule has 156 valence electrons. The number of carbonyl (C=O) groups is 1. The summed E-state index contributed by atoms with van der Waals surface area (Å²) in [6, 6.07) is 15.2. The second-order valence-corrected chi connectivity index (χ2v) is 9.59. The Morgan fingerprint density at radius 3 is 2.67 bits per heavy atom. The number of nitrogens with one attached hydrogen (secondary N) is 1. The van der Waals surface area contributed by atoms with E-state index in [4.69, 9.17) is 4.74 Å². The number of para-hydroxylation sites is 2. The highest BCUT2D eigenvalue weighted by Crippen LogP contribution is 2.31. The number of sulfonamides is 1. The zero-order chi connectivity index (χ0) is 21.1. The quantitative estimate of drug-likeness (QED) is 0.562. The van der Waals surface area contributed by atoms with E-state index in [0.717, 1.165) is 18.4 Å². The minimum atomic E-state index is -3.88. The molecule has 1 fully saturated rings. The zero-order valence-corrected chi connectivity index (χ0v) is 18.1. The Bertz CT molecular complexity index is 1140. The van der Waals surface area contributed by atoms with Gasteiger partial charge in [-0.1, -0.05) is 18.2 Å². The minimum Gasteiger partial charge on any atom is -0.495 e. The van der Waals surface area contributed by atoms with Crippen LogP contribution in [0.1, 0.15) is 28.8 Å². The van der Waals surface area contributed by atoms with E-state index in [0.29, 0.717) is 23.5 Å². The van der Waals surface area contributed by atoms with Gasteiger partial charge >= 0.3 is 0 Å². The second kappa shape index (κ2) is 8.49. The summed E-state index contributed by atoms with van der Waals surface area (Å²) >= 11 is 1.60. The first-order chi connectivity index (χ1) is 14.5. The highest BCUT2D eigenvalue weighted by Gasteiger charge is 2.33. The third-order valence-electron chi connectivity index (χ3n) is 4.92. The molecule has 6 nitrogen and oxygen atoms in total. The van der Waals surface area contributed by atoms with Crippen molar-refractivity contribution in [2.24, 2.45) is 0 Å². The number of amides is 1. The van der Waals surface area contributed by atoms with Gasteiger partial charge < -0.3 is 9.64 Å². The van der Waals surface area contributed by atoms with E-state index in [2.05, 4.69) is 4.72 Å². The Morgan fingerprint density at radius 2 is 1.97 bits per heavy atom. The maximum absolute atomic E-state index is 13.2. The van der Waals surface area contributed by atoms with Crippen LogP contribution in [0.25, 0.3) is 0 Å². The largest absolute Gasteiger partial charge is 0.495 e. The van der Waals surface area contributed by atoms with E-state index in [1.807, 2.05) is 21.7 Å². The molecule has 0 bridgehead atoms. The Hall–Kier alpha value is -2.84. The van der Waals surface area contributed by atoms with Crippen LogP contribution in [-0.4, -0.2) is 32.4 Å². The van der Waals surface area contributed by atoms with E-state index < -0.39 is 10.0 Å². The number of methoxy groups -OCH3 is 1. The molecule has 0 unspecified atom stereocenters. The summed E-state index contributed by atoms with van der Waals surface area (Å²) in [5, 5.41) is 4.02. The van der Waals surface area contributed by atoms with Crippen LogP contribution in [0, 0.1) is 0 Å². The van der Waals surface area contributed by atoms with Crippen molar-refractivity contribution in [3.05, 3.63) is 76.5 Å². The number of anilines is 1. The molecule has 0 saturated heterocycles. The minimum absolute atomic E-state index is 0.0329. The monoisotopic (exact) mass is 442 g/mol. The van der Waals surface area contributed by atoms with Crippen molar-refractivity contribution in [2.45, 2.75) is 30.3 Å². The summed E-state index contributed by atoms with van der Waals surface area (Å²) in [4.78, 5) is 15.1. The van der Waals surface area contributed by atoms with Gasteiger partial charge in [-0.15, -0.1) is 0 Å². The van der Waals surface area contributed by atoms with Gasteiger partial charge in [-0.2, -0.15) is 11.3 Å². The van der Waals surface area contributed by atoms with Gasteiger partial charge in [0.2, 0.25) is 0 Å². The highest BCUT2D eigenvalue weighted by molar-refractivity contribution is 7.92. The summed E-state index contributed by atoms with van der Waals surface area (Å²) < 4.78 is 33.6. The molecule has 1 aliphatic carbocycles. The van der Waals surface area contributed by atoms with Gasteiger partial charge in [0.15, 0.2) is 0 Å². The van der Waals surface area contributed by atoms with E-state index in [1.165, 1.54) is 19.2 Å². The first-order valence-corrected chi connectivity index (χ1v) is 12.0. The normalized spacial score (nSPS) is 13.6. The van der Waals surface area contributed by atoms with Crippen LogP contribution in [-0.2, 0) is 16.6 Å². The number of thiophene rings is 1. The fraction of sp³-hybridized carbons (Fsp3) is 0.227. The lowest BCUT2D eigenvalue weighted by atomic mass is 10.2. The fourth-order valence-corrected chi connectivity index (χ4v) is 5.00. The molecule has 0 atom stereocenters. The lowest BCUT2D eigenvalue weighted by Gasteiger charge is -2.22. The molecule has 1 N–H and O–H groups in total. The van der Waals surface area contributed by atoms with Gasteiger partial charge in [0.05, 0.1) is 17.7 Å². The molecule has 30 heavy (non-hydrogen) atoms. The lowest BCUT2D eigenvalue weighted by molar-refractivity contribution is 0.0730. The van der Waals surface area contributed by atoms with Gasteiger partial charge in [0.25, 0.3) is 15.9 Å². The number of rotatable bonds is 8. The van der Waals surface area contributed by atoms with Crippen molar-refractivity contribution in [3.8, 4) is 5.75 Å². The smallest absolute Gasteiger partial charge is 0.262 e. The zero-order valence-electron chi connectivity index (χ0n) is 16.4. The summed E-state index contributed by atoms with van der Waals surface area (Å²) in [7, 11) is -2.40. The number of nitrogens with zero attached hydrogens (tertiary/aromatic N) is 1. The van der Waals surface area contributed by atoms with Gasteiger partial charge in [0.1, 0.15) is 5.75 Å². The molecule has 0 spiro atoms. The van der Waals surface area contributed by atoms with Crippen LogP contribution in [0.3, 0.4) is 0 Å². The number of hydrogen-bond donors (Lipinski definition) is 1. The molecule has 4 rings (SSSR count). The third kappa shape index (κ3) is 4.49. The second-order valence-electron chi connectivity index (χ2n) is 7.13. The van der Waals surface area contributed by atoms with Crippen LogP contribution in [0.5, 0.6) is 5.75 Å². The molecule has 0 aliphatic heterocycles. The van der Waals surface area contributed by atoms with Crippen LogP contribution < -0.4 is 9.46 Å². The molecule has 8 heteroatoms. The summed E-state index contributed by atoms with van der Waals surface area (Å²) in [5.41, 5.74) is 1.79. The van der Waals surface area contributed by atoms with E-state index in [9.17, 15) is 13.2 Å². The number of benzene rings is 2. The highest BCUT2D eigenvalue weighted by atomic mass is 32.2. The van der Waals surface area contributed by atoms with Crippen molar-refractivity contribution in [1.29, 1.82) is 0 Å². The first kappa shape index (κ1) is 20.4. The molecule has 1 amide bonds. The maximum Gasteiger partial charge on any atom is 0.262 e. The number of hydrogen-bond acceptors (Lipinski definition) is 5. The van der Waals surface area contributed by atoms with Gasteiger partial charge in [-0.25, -0.2) is 8.42 Å². The van der Waals surface area contributed by atoms with Crippen molar-refractivity contribution >= 4 is 33.0 Å². The summed E-state index contributed by atoms with van der Waals surface area (Å²) in [6.07, 6.45) is 1.95. The van der Waals surface area contributed by atoms with Crippen molar-refractivity contribution in [2.75, 3.05) is 11.8 Å². The predicted molar refractivity (Wildman–Crippen MR) is 117 cm³/mol. The molecule has 1 aromatic heterocycles. The summed E-state index contributed by atoms with van der Waals surface area (Å²) in [6.45, 7) is 0.531. The third-order valence-corrected chi connectivity index (χ3v) is 7.02. The lowest BCUT2D eigenvalue weighted by Crippen LogP contribution is -2.32. The first-order valence-electron chi connectivity index (χ1n) is 9.56. The molecule has 3 aromatic rings. The van der Waals surface area contributed by atoms with E-state index >= 15 is 0 Å². The molecule has 1 heterocycles. The number of carbonyl (C=O) groups excluding carboxylic acids is 1. The Balaban J connectivity index is 1.59. The predicted octanol–water partition coefficient (Wildman–Crippen LogP) is 4.36. The molecule has 1 saturated carbocycles. The Morgan fingerprint density at radius 1 is 1.17 bits per heavy atom. The Labute approximate surface area is 180 Å². The average Bonchev–Trinajstić information content (AvgIpc) is 3.47. The van der Waals surface area contributed by atoms with Crippen LogP contribution >= 0.6 is 11.3 Å². The topological polar surface area (TPSA) is 75.7 Å². The van der Waals surface area contributed by atoms with Gasteiger partial charge in [0, 0.05) is 18.2 Å². The SMILES string of the molecule is COc1ccccc1NS(=O)(=O)c1cccc(C(=O)N(Cc2ccsc2)C2CC2)c1. The van der Waals surface area contributed by atoms with Gasteiger partial charge in [-0.05, 0) is 65.6 Å². The van der Waals surface area contributed by atoms with Gasteiger partial charge in [-0.3, -0.25) is 9.52 Å². The Kier molecular flexibility index (Phi) is 5.78.